The smallest absolute Gasteiger partial charge is 0.157 e. The van der Waals surface area contributed by atoms with Gasteiger partial charge in [-0.05, 0) is 29.8 Å². The molecule has 0 amide bonds. The Hall–Kier alpha value is -2.26. The second-order valence-electron chi connectivity index (χ2n) is 4.99. The lowest BCUT2D eigenvalue weighted by Gasteiger charge is -2.29. The van der Waals surface area contributed by atoms with E-state index in [1.165, 1.54) is 10.5 Å². The van der Waals surface area contributed by atoms with E-state index >= 15 is 0 Å². The first-order valence-corrected chi connectivity index (χ1v) is 7.73. The molecule has 2 nitrogen and oxygen atoms in total. The quantitative estimate of drug-likeness (QED) is 0.752. The van der Waals surface area contributed by atoms with Crippen LogP contribution in [0.5, 0.6) is 0 Å². The largest absolute Gasteiger partial charge is 0.361 e. The minimum absolute atomic E-state index is 0.355. The van der Waals surface area contributed by atoms with Crippen molar-refractivity contribution >= 4 is 17.4 Å². The van der Waals surface area contributed by atoms with E-state index in [1.807, 2.05) is 36.2 Å². The Kier molecular flexibility index (Phi) is 2.93. The maximum Gasteiger partial charge on any atom is 0.157 e. The van der Waals surface area contributed by atoms with Gasteiger partial charge in [-0.25, -0.2) is 0 Å². The molecule has 0 spiro atoms. The summed E-state index contributed by atoms with van der Waals surface area (Å²) < 4.78 is 0. The van der Waals surface area contributed by atoms with Gasteiger partial charge < -0.3 is 5.32 Å². The fourth-order valence-electron chi connectivity index (χ4n) is 2.68. The molecule has 1 aromatic heterocycles. The molecule has 0 aliphatic carbocycles. The molecule has 2 aromatic carbocycles. The zero-order valence-electron chi connectivity index (χ0n) is 11.4. The summed E-state index contributed by atoms with van der Waals surface area (Å²) in [5, 5.41) is 3.68. The number of aromatic nitrogens is 1. The number of benzene rings is 2. The molecule has 0 saturated heterocycles. The van der Waals surface area contributed by atoms with Gasteiger partial charge in [-0.1, -0.05) is 60.3 Å². The summed E-state index contributed by atoms with van der Waals surface area (Å²) in [5.41, 5.74) is 3.40. The molecule has 102 valence electrons. The van der Waals surface area contributed by atoms with Crippen LogP contribution >= 0.6 is 11.8 Å². The first-order chi connectivity index (χ1) is 10.4. The zero-order chi connectivity index (χ0) is 14.1. The average Bonchev–Trinajstić information content (AvgIpc) is 2.97. The van der Waals surface area contributed by atoms with E-state index in [9.17, 15) is 0 Å². The van der Waals surface area contributed by atoms with Crippen LogP contribution in [-0.2, 0) is 4.87 Å². The number of nitrogens with one attached hydrogen (secondary N) is 1. The number of thioether (sulfide) groups is 1. The average molecular weight is 290 g/mol. The maximum absolute atomic E-state index is 4.61. The second kappa shape index (κ2) is 4.93. The van der Waals surface area contributed by atoms with Gasteiger partial charge in [0.1, 0.15) is 0 Å². The van der Waals surface area contributed by atoms with Gasteiger partial charge in [0.15, 0.2) is 4.87 Å². The first kappa shape index (κ1) is 12.5. The van der Waals surface area contributed by atoms with E-state index in [1.54, 1.807) is 0 Å². The number of rotatable bonds is 2. The van der Waals surface area contributed by atoms with Crippen molar-refractivity contribution < 1.29 is 0 Å². The van der Waals surface area contributed by atoms with Gasteiger partial charge in [0.2, 0.25) is 0 Å². The fourth-order valence-corrected chi connectivity index (χ4v) is 4.02. The van der Waals surface area contributed by atoms with Crippen molar-refractivity contribution in [1.82, 2.24) is 4.98 Å². The van der Waals surface area contributed by atoms with Crippen LogP contribution in [0.3, 0.4) is 0 Å². The molecule has 1 unspecified atom stereocenters. The Morgan fingerprint density at radius 2 is 1.57 bits per heavy atom. The molecule has 3 heteroatoms. The van der Waals surface area contributed by atoms with Gasteiger partial charge in [-0.3, -0.25) is 4.98 Å². The number of anilines is 1. The number of para-hydroxylation sites is 1. The lowest BCUT2D eigenvalue weighted by molar-refractivity contribution is 0.828. The normalized spacial score (nSPS) is 19.8. The lowest BCUT2D eigenvalue weighted by atomic mass is 10.0. The summed E-state index contributed by atoms with van der Waals surface area (Å²) in [4.78, 5) is 5.51. The van der Waals surface area contributed by atoms with Crippen molar-refractivity contribution in [3.8, 4) is 0 Å². The van der Waals surface area contributed by atoms with E-state index in [4.69, 9.17) is 0 Å². The molecule has 3 aromatic rings. The molecular weight excluding hydrogens is 276 g/mol. The van der Waals surface area contributed by atoms with Gasteiger partial charge in [0.05, 0.1) is 5.69 Å². The summed E-state index contributed by atoms with van der Waals surface area (Å²) in [5.74, 6) is 0. The van der Waals surface area contributed by atoms with Crippen LogP contribution in [0.2, 0.25) is 0 Å². The summed E-state index contributed by atoms with van der Waals surface area (Å²) >= 11 is 1.82. The van der Waals surface area contributed by atoms with Crippen LogP contribution in [0.1, 0.15) is 11.3 Å². The third kappa shape index (κ3) is 2.01. The number of pyridine rings is 1. The third-order valence-corrected chi connectivity index (χ3v) is 5.10. The van der Waals surface area contributed by atoms with Crippen molar-refractivity contribution in [2.75, 3.05) is 5.32 Å². The molecule has 1 atom stereocenters. The predicted molar refractivity (Wildman–Crippen MR) is 87.4 cm³/mol. The van der Waals surface area contributed by atoms with E-state index in [0.717, 1.165) is 11.4 Å². The van der Waals surface area contributed by atoms with Crippen LogP contribution < -0.4 is 5.32 Å². The van der Waals surface area contributed by atoms with Crippen molar-refractivity contribution in [3.63, 3.8) is 0 Å². The minimum Gasteiger partial charge on any atom is -0.361 e. The minimum atomic E-state index is -0.355. The molecule has 0 fully saturated rings. The highest BCUT2D eigenvalue weighted by Crippen LogP contribution is 2.53. The number of nitrogens with zero attached hydrogens (tertiary/aromatic N) is 1. The van der Waals surface area contributed by atoms with E-state index in [-0.39, 0.29) is 4.87 Å². The molecule has 1 aliphatic rings. The van der Waals surface area contributed by atoms with E-state index in [0.29, 0.717) is 0 Å². The lowest BCUT2D eigenvalue weighted by Crippen LogP contribution is -2.30. The molecular formula is C18H14N2S. The zero-order valence-corrected chi connectivity index (χ0v) is 12.2. The summed E-state index contributed by atoms with van der Waals surface area (Å²) in [6.45, 7) is 0. The van der Waals surface area contributed by atoms with Gasteiger partial charge in [-0.15, -0.1) is 0 Å². The third-order valence-electron chi connectivity index (χ3n) is 3.67. The molecule has 1 aliphatic heterocycles. The monoisotopic (exact) mass is 290 g/mol. The molecule has 0 radical (unpaired) electrons. The topological polar surface area (TPSA) is 24.9 Å². The van der Waals surface area contributed by atoms with Crippen LogP contribution in [0.4, 0.5) is 5.69 Å². The molecule has 1 N–H and O–H groups in total. The fraction of sp³-hybridized carbons (Fsp3) is 0.0556. The Bertz CT molecular complexity index is 690. The highest BCUT2D eigenvalue weighted by Gasteiger charge is 2.42. The van der Waals surface area contributed by atoms with Gasteiger partial charge in [-0.2, -0.15) is 0 Å². The Morgan fingerprint density at radius 1 is 0.810 bits per heavy atom. The first-order valence-electron chi connectivity index (χ1n) is 6.92. The van der Waals surface area contributed by atoms with E-state index < -0.39 is 0 Å². The summed E-state index contributed by atoms with van der Waals surface area (Å²) in [6.07, 6.45) is 1.85. The maximum atomic E-state index is 4.61. The standard InChI is InChI=1S/C18H14N2S/c1-2-8-14(9-3-1)18(17-12-6-7-13-19-17)20-15-10-4-5-11-16(15)21-18/h1-13,20H. The summed E-state index contributed by atoms with van der Waals surface area (Å²) in [7, 11) is 0. The molecule has 0 bridgehead atoms. The molecule has 0 saturated carbocycles. The summed E-state index contributed by atoms with van der Waals surface area (Å²) in [6, 6.07) is 25.0. The Morgan fingerprint density at radius 3 is 2.33 bits per heavy atom. The predicted octanol–water partition coefficient (Wildman–Crippen LogP) is 4.50. The highest BCUT2D eigenvalue weighted by molar-refractivity contribution is 8.01. The van der Waals surface area contributed by atoms with Crippen LogP contribution in [-0.4, -0.2) is 4.98 Å². The SMILES string of the molecule is c1ccc(C2(c3ccccn3)Nc3ccccc3S2)cc1. The van der Waals surface area contributed by atoms with Gasteiger partial charge in [0, 0.05) is 16.8 Å². The second-order valence-corrected chi connectivity index (χ2v) is 6.24. The van der Waals surface area contributed by atoms with Crippen LogP contribution in [0, 0.1) is 0 Å². The van der Waals surface area contributed by atoms with Crippen LogP contribution in [0.15, 0.2) is 83.9 Å². The van der Waals surface area contributed by atoms with Gasteiger partial charge in [0.25, 0.3) is 0 Å². The van der Waals surface area contributed by atoms with Crippen molar-refractivity contribution in [1.29, 1.82) is 0 Å². The Labute approximate surface area is 128 Å². The number of hydrogen-bond acceptors (Lipinski definition) is 3. The van der Waals surface area contributed by atoms with E-state index in [2.05, 4.69) is 64.9 Å². The van der Waals surface area contributed by atoms with Crippen molar-refractivity contribution in [2.24, 2.45) is 0 Å². The Balaban J connectivity index is 1.90. The highest BCUT2D eigenvalue weighted by atomic mass is 32.2. The number of fused-ring (bicyclic) bond motifs is 1. The molecule has 4 rings (SSSR count). The van der Waals surface area contributed by atoms with Crippen LogP contribution in [0.25, 0.3) is 0 Å². The van der Waals surface area contributed by atoms with Gasteiger partial charge >= 0.3 is 0 Å². The van der Waals surface area contributed by atoms with Crippen molar-refractivity contribution in [2.45, 2.75) is 9.77 Å². The molecule has 21 heavy (non-hydrogen) atoms. The number of hydrogen-bond donors (Lipinski definition) is 1. The van der Waals surface area contributed by atoms with Crippen molar-refractivity contribution in [3.05, 3.63) is 90.3 Å². The molecule has 2 heterocycles.